The molecule has 6 heteroatoms. The Bertz CT molecular complexity index is 1060. The van der Waals surface area contributed by atoms with Crippen LogP contribution < -0.4 is 0 Å². The van der Waals surface area contributed by atoms with Crippen LogP contribution in [0.15, 0.2) is 82.2 Å². The molecule has 0 saturated carbocycles. The van der Waals surface area contributed by atoms with E-state index >= 15 is 0 Å². The summed E-state index contributed by atoms with van der Waals surface area (Å²) in [5, 5.41) is 0. The van der Waals surface area contributed by atoms with Crippen LogP contribution >= 0.6 is 15.9 Å². The Labute approximate surface area is 173 Å². The normalized spacial score (nSPS) is 11.2. The summed E-state index contributed by atoms with van der Waals surface area (Å²) >= 11 is 3.36. The minimum atomic E-state index is -3.43. The SMILES string of the molecule is Cc1ccc(S(=O)(=O)Cc2ccc(C(=O)OCc3ccc(Br)cc3)cc2)cc1. The Kier molecular flexibility index (Phi) is 6.31. The van der Waals surface area contributed by atoms with Crippen LogP contribution in [0, 0.1) is 6.92 Å². The van der Waals surface area contributed by atoms with Gasteiger partial charge in [0.25, 0.3) is 0 Å². The van der Waals surface area contributed by atoms with Crippen LogP contribution in [0.2, 0.25) is 0 Å². The Morgan fingerprint density at radius 1 is 0.857 bits per heavy atom. The van der Waals surface area contributed by atoms with Crippen LogP contribution in [-0.2, 0) is 26.9 Å². The Morgan fingerprint density at radius 3 is 2.04 bits per heavy atom. The van der Waals surface area contributed by atoms with Crippen molar-refractivity contribution in [1.29, 1.82) is 0 Å². The fraction of sp³-hybridized carbons (Fsp3) is 0.136. The van der Waals surface area contributed by atoms with Gasteiger partial charge in [0, 0.05) is 4.47 Å². The molecule has 0 bridgehead atoms. The maximum absolute atomic E-state index is 12.5. The lowest BCUT2D eigenvalue weighted by molar-refractivity contribution is 0.0472. The van der Waals surface area contributed by atoms with Crippen LogP contribution in [0.1, 0.15) is 27.0 Å². The lowest BCUT2D eigenvalue weighted by Crippen LogP contribution is -2.07. The predicted molar refractivity (Wildman–Crippen MR) is 112 cm³/mol. The highest BCUT2D eigenvalue weighted by molar-refractivity contribution is 9.10. The number of halogens is 1. The summed E-state index contributed by atoms with van der Waals surface area (Å²) in [6.45, 7) is 2.08. The van der Waals surface area contributed by atoms with Crippen molar-refractivity contribution >= 4 is 31.7 Å². The molecule has 0 N–H and O–H groups in total. The van der Waals surface area contributed by atoms with Gasteiger partial charge in [0.15, 0.2) is 9.84 Å². The summed E-state index contributed by atoms with van der Waals surface area (Å²) in [5.74, 6) is -0.569. The third-order valence-electron chi connectivity index (χ3n) is 4.21. The molecule has 3 aromatic carbocycles. The molecular weight excluding hydrogens is 440 g/mol. The van der Waals surface area contributed by atoms with Crippen molar-refractivity contribution in [2.24, 2.45) is 0 Å². The van der Waals surface area contributed by atoms with Gasteiger partial charge in [0.1, 0.15) is 6.61 Å². The topological polar surface area (TPSA) is 60.4 Å². The molecule has 0 aliphatic carbocycles. The number of sulfone groups is 1. The van der Waals surface area contributed by atoms with E-state index in [-0.39, 0.29) is 17.3 Å². The van der Waals surface area contributed by atoms with E-state index in [0.29, 0.717) is 11.1 Å². The fourth-order valence-electron chi connectivity index (χ4n) is 2.60. The van der Waals surface area contributed by atoms with Gasteiger partial charge in [-0.1, -0.05) is 57.9 Å². The monoisotopic (exact) mass is 458 g/mol. The molecule has 0 fully saturated rings. The number of ether oxygens (including phenoxy) is 1. The minimum absolute atomic E-state index is 0.121. The molecule has 3 rings (SSSR count). The largest absolute Gasteiger partial charge is 0.457 e. The van der Waals surface area contributed by atoms with Crippen LogP contribution in [0.5, 0.6) is 0 Å². The molecular formula is C22H19BrO4S. The van der Waals surface area contributed by atoms with E-state index in [1.807, 2.05) is 31.2 Å². The van der Waals surface area contributed by atoms with Gasteiger partial charge in [-0.3, -0.25) is 0 Å². The summed E-state index contributed by atoms with van der Waals surface area (Å²) in [4.78, 5) is 12.5. The first kappa shape index (κ1) is 20.3. The minimum Gasteiger partial charge on any atom is -0.457 e. The molecule has 0 atom stereocenters. The number of carbonyl (C=O) groups is 1. The number of esters is 1. The van der Waals surface area contributed by atoms with E-state index in [9.17, 15) is 13.2 Å². The lowest BCUT2D eigenvalue weighted by atomic mass is 10.1. The van der Waals surface area contributed by atoms with E-state index < -0.39 is 15.8 Å². The Morgan fingerprint density at radius 2 is 1.43 bits per heavy atom. The highest BCUT2D eigenvalue weighted by Crippen LogP contribution is 2.18. The summed E-state index contributed by atoms with van der Waals surface area (Å²) in [6.07, 6.45) is 0. The first-order valence-corrected chi connectivity index (χ1v) is 11.1. The zero-order valence-corrected chi connectivity index (χ0v) is 17.7. The molecule has 3 aromatic rings. The van der Waals surface area contributed by atoms with Crippen molar-refractivity contribution < 1.29 is 17.9 Å². The number of rotatable bonds is 6. The first-order chi connectivity index (χ1) is 13.3. The van der Waals surface area contributed by atoms with E-state index in [4.69, 9.17) is 4.74 Å². The van der Waals surface area contributed by atoms with Gasteiger partial charge in [0.05, 0.1) is 16.2 Å². The molecule has 28 heavy (non-hydrogen) atoms. The highest BCUT2D eigenvalue weighted by Gasteiger charge is 2.16. The number of benzene rings is 3. The highest BCUT2D eigenvalue weighted by atomic mass is 79.9. The molecule has 0 radical (unpaired) electrons. The molecule has 0 aliphatic heterocycles. The van der Waals surface area contributed by atoms with Gasteiger partial charge in [-0.25, -0.2) is 13.2 Å². The van der Waals surface area contributed by atoms with E-state index in [0.717, 1.165) is 15.6 Å². The van der Waals surface area contributed by atoms with E-state index in [1.54, 1.807) is 48.5 Å². The molecule has 0 amide bonds. The second-order valence-electron chi connectivity index (χ2n) is 6.47. The van der Waals surface area contributed by atoms with E-state index in [2.05, 4.69) is 15.9 Å². The Balaban J connectivity index is 1.63. The summed E-state index contributed by atoms with van der Waals surface area (Å²) in [6, 6.07) is 20.7. The molecule has 0 saturated heterocycles. The van der Waals surface area contributed by atoms with Crippen molar-refractivity contribution in [3.63, 3.8) is 0 Å². The number of aryl methyl sites for hydroxylation is 1. The zero-order valence-electron chi connectivity index (χ0n) is 15.3. The van der Waals surface area contributed by atoms with Crippen LogP contribution in [0.25, 0.3) is 0 Å². The van der Waals surface area contributed by atoms with Crippen LogP contribution in [0.4, 0.5) is 0 Å². The predicted octanol–water partition coefficient (Wildman–Crippen LogP) is 5.09. The Hall–Kier alpha value is -2.44. The number of hydrogen-bond acceptors (Lipinski definition) is 4. The lowest BCUT2D eigenvalue weighted by Gasteiger charge is -2.07. The second-order valence-corrected chi connectivity index (χ2v) is 9.38. The smallest absolute Gasteiger partial charge is 0.338 e. The molecule has 0 aliphatic rings. The average Bonchev–Trinajstić information content (AvgIpc) is 2.68. The summed E-state index contributed by atoms with van der Waals surface area (Å²) in [5.41, 5.74) is 2.89. The van der Waals surface area contributed by atoms with Gasteiger partial charge in [-0.05, 0) is 54.4 Å². The fourth-order valence-corrected chi connectivity index (χ4v) is 4.21. The molecule has 0 aromatic heterocycles. The van der Waals surface area contributed by atoms with Crippen LogP contribution in [-0.4, -0.2) is 14.4 Å². The molecule has 4 nitrogen and oxygen atoms in total. The summed E-state index contributed by atoms with van der Waals surface area (Å²) in [7, 11) is -3.43. The van der Waals surface area contributed by atoms with Gasteiger partial charge < -0.3 is 4.74 Å². The van der Waals surface area contributed by atoms with Gasteiger partial charge in [-0.2, -0.15) is 0 Å². The van der Waals surface area contributed by atoms with Crippen molar-refractivity contribution in [3.05, 3.63) is 99.5 Å². The van der Waals surface area contributed by atoms with Crippen molar-refractivity contribution in [1.82, 2.24) is 0 Å². The average molecular weight is 459 g/mol. The van der Waals surface area contributed by atoms with E-state index in [1.165, 1.54) is 0 Å². The molecule has 0 spiro atoms. The third kappa shape index (κ3) is 5.30. The van der Waals surface area contributed by atoms with Crippen molar-refractivity contribution in [2.45, 2.75) is 24.2 Å². The molecule has 0 unspecified atom stereocenters. The van der Waals surface area contributed by atoms with Gasteiger partial charge in [0.2, 0.25) is 0 Å². The number of carbonyl (C=O) groups excluding carboxylic acids is 1. The molecule has 144 valence electrons. The molecule has 0 heterocycles. The van der Waals surface area contributed by atoms with Gasteiger partial charge in [-0.15, -0.1) is 0 Å². The maximum Gasteiger partial charge on any atom is 0.338 e. The quantitative estimate of drug-likeness (QED) is 0.482. The second kappa shape index (κ2) is 8.71. The third-order valence-corrected chi connectivity index (χ3v) is 6.44. The van der Waals surface area contributed by atoms with Gasteiger partial charge >= 0.3 is 5.97 Å². The summed E-state index contributed by atoms with van der Waals surface area (Å²) < 4.78 is 31.3. The first-order valence-electron chi connectivity index (χ1n) is 8.63. The maximum atomic E-state index is 12.5. The standard InChI is InChI=1S/C22H19BrO4S/c1-16-2-12-21(13-3-16)28(25,26)15-18-4-8-19(9-5-18)22(24)27-14-17-6-10-20(23)11-7-17/h2-13H,14-15H2,1H3. The van der Waals surface area contributed by atoms with Crippen molar-refractivity contribution in [3.8, 4) is 0 Å². The van der Waals surface area contributed by atoms with Crippen LogP contribution in [0.3, 0.4) is 0 Å². The zero-order chi connectivity index (χ0) is 20.1. The number of hydrogen-bond donors (Lipinski definition) is 0. The van der Waals surface area contributed by atoms with Crippen molar-refractivity contribution in [2.75, 3.05) is 0 Å².